The maximum absolute atomic E-state index is 12.1. The zero-order valence-electron chi connectivity index (χ0n) is 14.7. The van der Waals surface area contributed by atoms with Crippen LogP contribution in [0.4, 0.5) is 0 Å². The van der Waals surface area contributed by atoms with Gasteiger partial charge in [0.15, 0.2) is 0 Å². The minimum atomic E-state index is -0.392. The number of carbonyl (C=O) groups is 1. The van der Waals surface area contributed by atoms with Crippen molar-refractivity contribution in [2.75, 3.05) is 0 Å². The monoisotopic (exact) mass is 318 g/mol. The van der Waals surface area contributed by atoms with Crippen LogP contribution in [0.2, 0.25) is 0 Å². The number of carbonyl (C=O) groups excluding carboxylic acids is 1. The Hall–Kier alpha value is -1.35. The number of hydrogen-bond acceptors (Lipinski definition) is 3. The Morgan fingerprint density at radius 1 is 1.09 bits per heavy atom. The minimum absolute atomic E-state index is 0.0402. The van der Waals surface area contributed by atoms with E-state index in [1.54, 1.807) is 0 Å². The van der Waals surface area contributed by atoms with Crippen molar-refractivity contribution >= 4 is 5.97 Å². The first-order chi connectivity index (χ1) is 11.1. The smallest absolute Gasteiger partial charge is 0.293 e. The molecular weight excluding hydrogens is 288 g/mol. The summed E-state index contributed by atoms with van der Waals surface area (Å²) in [6, 6.07) is 7.68. The molecule has 0 bridgehead atoms. The molecule has 0 N–H and O–H groups in total. The van der Waals surface area contributed by atoms with E-state index < -0.39 is 5.97 Å². The molecule has 128 valence electrons. The van der Waals surface area contributed by atoms with Gasteiger partial charge in [0.2, 0.25) is 0 Å². The molecule has 0 saturated heterocycles. The Morgan fingerprint density at radius 3 is 2.48 bits per heavy atom. The van der Waals surface area contributed by atoms with Crippen LogP contribution in [0.15, 0.2) is 24.3 Å². The van der Waals surface area contributed by atoms with Gasteiger partial charge in [-0.15, -0.1) is 0 Å². The van der Waals surface area contributed by atoms with Gasteiger partial charge >= 0.3 is 5.97 Å². The minimum Gasteiger partial charge on any atom is -0.293 e. The van der Waals surface area contributed by atoms with Crippen molar-refractivity contribution < 1.29 is 14.6 Å². The van der Waals surface area contributed by atoms with Crippen molar-refractivity contribution in [3.63, 3.8) is 0 Å². The Labute approximate surface area is 140 Å². The third-order valence-corrected chi connectivity index (χ3v) is 5.07. The van der Waals surface area contributed by atoms with E-state index in [1.807, 2.05) is 24.3 Å². The second-order valence-corrected chi connectivity index (χ2v) is 7.01. The molecule has 0 aliphatic heterocycles. The number of rotatable bonds is 7. The lowest BCUT2D eigenvalue weighted by Crippen LogP contribution is -2.27. The van der Waals surface area contributed by atoms with Gasteiger partial charge in [-0.05, 0) is 61.6 Å². The number of hydrogen-bond donors (Lipinski definition) is 0. The normalized spacial score (nSPS) is 24.4. The van der Waals surface area contributed by atoms with Crippen LogP contribution in [0.1, 0.15) is 75.2 Å². The summed E-state index contributed by atoms with van der Waals surface area (Å²) in [5.74, 6) is 0.956. The fraction of sp³-hybridized carbons (Fsp3) is 0.650. The zero-order valence-corrected chi connectivity index (χ0v) is 14.7. The number of benzene rings is 1. The van der Waals surface area contributed by atoms with E-state index in [0.717, 1.165) is 31.6 Å². The van der Waals surface area contributed by atoms with E-state index in [9.17, 15) is 4.79 Å². The molecular formula is C20H30O3. The van der Waals surface area contributed by atoms with Crippen LogP contribution in [0.25, 0.3) is 0 Å². The van der Waals surface area contributed by atoms with Crippen LogP contribution < -0.4 is 0 Å². The summed E-state index contributed by atoms with van der Waals surface area (Å²) in [4.78, 5) is 22.5. The molecule has 0 heterocycles. The molecule has 0 spiro atoms. The third-order valence-electron chi connectivity index (χ3n) is 5.07. The van der Waals surface area contributed by atoms with Gasteiger partial charge in [0, 0.05) is 0 Å². The van der Waals surface area contributed by atoms with Crippen molar-refractivity contribution in [2.45, 2.75) is 71.8 Å². The summed E-state index contributed by atoms with van der Waals surface area (Å²) in [5, 5.41) is 0. The summed E-state index contributed by atoms with van der Waals surface area (Å²) in [5.41, 5.74) is 1.83. The second kappa shape index (κ2) is 9.07. The molecule has 1 aliphatic carbocycles. The van der Waals surface area contributed by atoms with Crippen LogP contribution in [0.5, 0.6) is 0 Å². The standard InChI is InChI=1S/C20H30O3/c1-4-5-6-7-17-9-11-18(12-10-17)20(21)23-22-19-13-8-15(2)16(3)14-19/h9-12,15-16,19H,4-8,13-14H2,1-3H3. The highest BCUT2D eigenvalue weighted by molar-refractivity contribution is 5.88. The molecule has 3 atom stereocenters. The average molecular weight is 318 g/mol. The Morgan fingerprint density at radius 2 is 1.83 bits per heavy atom. The highest BCUT2D eigenvalue weighted by atomic mass is 17.2. The summed E-state index contributed by atoms with van der Waals surface area (Å²) in [6.45, 7) is 6.71. The Kier molecular flexibility index (Phi) is 7.10. The fourth-order valence-electron chi connectivity index (χ4n) is 3.13. The van der Waals surface area contributed by atoms with Crippen molar-refractivity contribution in [3.05, 3.63) is 35.4 Å². The molecule has 2 rings (SSSR count). The molecule has 1 fully saturated rings. The predicted octanol–water partition coefficient (Wildman–Crippen LogP) is 5.33. The van der Waals surface area contributed by atoms with Crippen molar-refractivity contribution in [2.24, 2.45) is 11.8 Å². The molecule has 0 aromatic heterocycles. The van der Waals surface area contributed by atoms with Gasteiger partial charge in [-0.2, -0.15) is 4.89 Å². The lowest BCUT2D eigenvalue weighted by atomic mass is 9.80. The summed E-state index contributed by atoms with van der Waals surface area (Å²) >= 11 is 0. The van der Waals surface area contributed by atoms with Gasteiger partial charge in [-0.3, -0.25) is 4.89 Å². The first-order valence-electron chi connectivity index (χ1n) is 9.06. The van der Waals surface area contributed by atoms with E-state index in [2.05, 4.69) is 20.8 Å². The summed E-state index contributed by atoms with van der Waals surface area (Å²) in [7, 11) is 0. The van der Waals surface area contributed by atoms with Crippen LogP contribution in [-0.2, 0) is 16.2 Å². The van der Waals surface area contributed by atoms with E-state index in [1.165, 1.54) is 24.8 Å². The average Bonchev–Trinajstić information content (AvgIpc) is 2.56. The van der Waals surface area contributed by atoms with Crippen molar-refractivity contribution in [1.29, 1.82) is 0 Å². The molecule has 3 heteroatoms. The van der Waals surface area contributed by atoms with Gasteiger partial charge in [-0.1, -0.05) is 45.7 Å². The van der Waals surface area contributed by atoms with Gasteiger partial charge < -0.3 is 0 Å². The van der Waals surface area contributed by atoms with E-state index >= 15 is 0 Å². The molecule has 3 unspecified atom stereocenters. The lowest BCUT2D eigenvalue weighted by Gasteiger charge is -2.30. The van der Waals surface area contributed by atoms with Crippen LogP contribution in [-0.4, -0.2) is 12.1 Å². The first-order valence-corrected chi connectivity index (χ1v) is 9.06. The first kappa shape index (κ1) is 18.0. The Bertz CT molecular complexity index is 480. The van der Waals surface area contributed by atoms with Crippen molar-refractivity contribution in [3.8, 4) is 0 Å². The zero-order chi connectivity index (χ0) is 16.7. The third kappa shape index (κ3) is 5.65. The number of aryl methyl sites for hydroxylation is 1. The Balaban J connectivity index is 1.77. The SMILES string of the molecule is CCCCCc1ccc(C(=O)OOC2CCC(C)C(C)C2)cc1. The molecule has 23 heavy (non-hydrogen) atoms. The van der Waals surface area contributed by atoms with E-state index in [-0.39, 0.29) is 6.10 Å². The van der Waals surface area contributed by atoms with E-state index in [4.69, 9.17) is 9.78 Å². The molecule has 0 amide bonds. The quantitative estimate of drug-likeness (QED) is 0.387. The molecule has 1 aromatic carbocycles. The lowest BCUT2D eigenvalue weighted by molar-refractivity contribution is -0.283. The van der Waals surface area contributed by atoms with Crippen molar-refractivity contribution in [1.82, 2.24) is 0 Å². The van der Waals surface area contributed by atoms with Gasteiger partial charge in [0.05, 0.1) is 5.56 Å². The second-order valence-electron chi connectivity index (χ2n) is 7.01. The summed E-state index contributed by atoms with van der Waals surface area (Å²) in [6.07, 6.45) is 7.84. The summed E-state index contributed by atoms with van der Waals surface area (Å²) < 4.78 is 0. The fourth-order valence-corrected chi connectivity index (χ4v) is 3.13. The molecule has 1 saturated carbocycles. The highest BCUT2D eigenvalue weighted by Crippen LogP contribution is 2.31. The van der Waals surface area contributed by atoms with E-state index in [0.29, 0.717) is 11.5 Å². The maximum Gasteiger partial charge on any atom is 0.373 e. The van der Waals surface area contributed by atoms with Gasteiger partial charge in [0.25, 0.3) is 0 Å². The largest absolute Gasteiger partial charge is 0.373 e. The van der Waals surface area contributed by atoms with Crippen LogP contribution in [0, 0.1) is 11.8 Å². The van der Waals surface area contributed by atoms with Crippen LogP contribution >= 0.6 is 0 Å². The molecule has 0 radical (unpaired) electrons. The molecule has 1 aromatic rings. The van der Waals surface area contributed by atoms with Crippen LogP contribution in [0.3, 0.4) is 0 Å². The topological polar surface area (TPSA) is 35.5 Å². The molecule has 3 nitrogen and oxygen atoms in total. The molecule has 1 aliphatic rings. The van der Waals surface area contributed by atoms with Gasteiger partial charge in [-0.25, -0.2) is 4.79 Å². The maximum atomic E-state index is 12.1. The predicted molar refractivity (Wildman–Crippen MR) is 92.1 cm³/mol. The number of unbranched alkanes of at least 4 members (excludes halogenated alkanes) is 2. The highest BCUT2D eigenvalue weighted by Gasteiger charge is 2.26. The van der Waals surface area contributed by atoms with Gasteiger partial charge in [0.1, 0.15) is 6.10 Å².